The van der Waals surface area contributed by atoms with Crippen LogP contribution in [0.25, 0.3) is 11.0 Å². The Morgan fingerprint density at radius 2 is 2.00 bits per heavy atom. The Labute approximate surface area is 95.8 Å². The van der Waals surface area contributed by atoms with Crippen molar-refractivity contribution in [2.24, 2.45) is 0 Å². The summed E-state index contributed by atoms with van der Waals surface area (Å²) in [4.78, 5) is 4.25. The van der Waals surface area contributed by atoms with Gasteiger partial charge in [-0.2, -0.15) is 0 Å². The predicted octanol–water partition coefficient (Wildman–Crippen LogP) is 2.88. The van der Waals surface area contributed by atoms with Gasteiger partial charge in [0.05, 0.1) is 17.6 Å². The van der Waals surface area contributed by atoms with E-state index in [9.17, 15) is 13.2 Å². The van der Waals surface area contributed by atoms with Gasteiger partial charge in [-0.1, -0.05) is 12.1 Å². The van der Waals surface area contributed by atoms with Crippen molar-refractivity contribution >= 4 is 11.0 Å². The summed E-state index contributed by atoms with van der Waals surface area (Å²) in [6.07, 6.45) is -4.58. The Morgan fingerprint density at radius 1 is 1.29 bits per heavy atom. The normalized spacial score (nSPS) is 12.2. The molecule has 0 amide bonds. The minimum atomic E-state index is -4.58. The smallest absolute Gasteiger partial charge is 0.326 e. The van der Waals surface area contributed by atoms with E-state index in [1.165, 1.54) is 0 Å². The summed E-state index contributed by atoms with van der Waals surface area (Å²) in [5.41, 5.74) is 1.59. The van der Waals surface area contributed by atoms with Crippen LogP contribution in [0, 0.1) is 6.92 Å². The van der Waals surface area contributed by atoms with Gasteiger partial charge in [-0.3, -0.25) is 4.74 Å². The molecule has 0 aliphatic carbocycles. The minimum absolute atomic E-state index is 0.131. The molecule has 2 rings (SSSR count). The fourth-order valence-electron chi connectivity index (χ4n) is 1.73. The quantitative estimate of drug-likeness (QED) is 0.830. The van der Waals surface area contributed by atoms with E-state index in [4.69, 9.17) is 0 Å². The highest BCUT2D eigenvalue weighted by Gasteiger charge is 2.28. The molecule has 0 spiro atoms. The van der Waals surface area contributed by atoms with Gasteiger partial charge in [0.25, 0.3) is 0 Å². The molecule has 6 heteroatoms. The topological polar surface area (TPSA) is 27.1 Å². The van der Waals surface area contributed by atoms with E-state index in [2.05, 4.69) is 9.72 Å². The lowest BCUT2D eigenvalue weighted by atomic mass is 10.3. The molecule has 0 unspecified atom stereocenters. The number of nitrogens with zero attached hydrogens (tertiary/aromatic N) is 2. The molecule has 1 heterocycles. The summed E-state index contributed by atoms with van der Waals surface area (Å²) in [5, 5.41) is 0. The lowest BCUT2D eigenvalue weighted by Gasteiger charge is -2.09. The molecular formula is C11H11F3N2O. The first-order valence-corrected chi connectivity index (χ1v) is 5.10. The Hall–Kier alpha value is -1.56. The van der Waals surface area contributed by atoms with E-state index in [1.54, 1.807) is 11.5 Å². The number of benzene rings is 1. The van der Waals surface area contributed by atoms with Crippen molar-refractivity contribution in [1.29, 1.82) is 0 Å². The van der Waals surface area contributed by atoms with Gasteiger partial charge in [0.2, 0.25) is 0 Å². The zero-order chi connectivity index (χ0) is 12.5. The van der Waals surface area contributed by atoms with Crippen LogP contribution in [0.1, 0.15) is 5.82 Å². The van der Waals surface area contributed by atoms with Crippen LogP contribution in [0.5, 0.6) is 0 Å². The van der Waals surface area contributed by atoms with Crippen LogP contribution in [0.15, 0.2) is 24.3 Å². The molecule has 0 saturated carbocycles. The van der Waals surface area contributed by atoms with Crippen LogP contribution in [0.2, 0.25) is 0 Å². The van der Waals surface area contributed by atoms with Gasteiger partial charge in [-0.05, 0) is 19.1 Å². The van der Waals surface area contributed by atoms with Crippen molar-refractivity contribution in [3.05, 3.63) is 30.1 Å². The van der Waals surface area contributed by atoms with Crippen LogP contribution < -0.4 is 0 Å². The van der Waals surface area contributed by atoms with E-state index in [1.807, 2.05) is 24.3 Å². The SMILES string of the molecule is Cc1nc2ccccc2n1CCOC(F)(F)F. The van der Waals surface area contributed by atoms with E-state index < -0.39 is 13.0 Å². The zero-order valence-electron chi connectivity index (χ0n) is 9.16. The highest BCUT2D eigenvalue weighted by molar-refractivity contribution is 5.75. The molecule has 1 aromatic carbocycles. The van der Waals surface area contributed by atoms with Gasteiger partial charge in [-0.25, -0.2) is 4.98 Å². The third-order valence-corrected chi connectivity index (χ3v) is 2.43. The van der Waals surface area contributed by atoms with E-state index in [-0.39, 0.29) is 6.54 Å². The molecule has 0 N–H and O–H groups in total. The zero-order valence-corrected chi connectivity index (χ0v) is 9.16. The molecule has 0 saturated heterocycles. The van der Waals surface area contributed by atoms with E-state index in [0.717, 1.165) is 11.0 Å². The van der Waals surface area contributed by atoms with Gasteiger partial charge in [0.15, 0.2) is 0 Å². The van der Waals surface area contributed by atoms with Gasteiger partial charge >= 0.3 is 6.36 Å². The Morgan fingerprint density at radius 3 is 2.71 bits per heavy atom. The summed E-state index contributed by atoms with van der Waals surface area (Å²) >= 11 is 0. The summed E-state index contributed by atoms with van der Waals surface area (Å²) in [5.74, 6) is 0.678. The molecule has 17 heavy (non-hydrogen) atoms. The fourth-order valence-corrected chi connectivity index (χ4v) is 1.73. The lowest BCUT2D eigenvalue weighted by Crippen LogP contribution is -2.17. The average molecular weight is 244 g/mol. The Bertz CT molecular complexity index is 519. The number of alkyl halides is 3. The van der Waals surface area contributed by atoms with Crippen molar-refractivity contribution in [2.75, 3.05) is 6.61 Å². The first-order valence-electron chi connectivity index (χ1n) is 5.10. The summed E-state index contributed by atoms with van der Waals surface area (Å²) in [6.45, 7) is 1.48. The highest BCUT2D eigenvalue weighted by Crippen LogP contribution is 2.18. The van der Waals surface area contributed by atoms with Crippen molar-refractivity contribution in [3.63, 3.8) is 0 Å². The maximum absolute atomic E-state index is 11.9. The molecule has 1 aromatic heterocycles. The first-order chi connectivity index (χ1) is 7.97. The molecule has 0 aliphatic rings. The number of aryl methyl sites for hydroxylation is 1. The first kappa shape index (κ1) is 11.9. The predicted molar refractivity (Wildman–Crippen MR) is 56.5 cm³/mol. The number of fused-ring (bicyclic) bond motifs is 1. The molecule has 0 radical (unpaired) electrons. The number of para-hydroxylation sites is 2. The van der Waals surface area contributed by atoms with Crippen molar-refractivity contribution in [2.45, 2.75) is 19.8 Å². The monoisotopic (exact) mass is 244 g/mol. The molecule has 0 bridgehead atoms. The maximum Gasteiger partial charge on any atom is 0.522 e. The Balaban J connectivity index is 2.15. The van der Waals surface area contributed by atoms with Crippen LogP contribution in [-0.4, -0.2) is 22.5 Å². The van der Waals surface area contributed by atoms with Gasteiger partial charge in [0.1, 0.15) is 5.82 Å². The second-order valence-corrected chi connectivity index (χ2v) is 3.59. The number of rotatable bonds is 3. The molecule has 2 aromatic rings. The Kier molecular flexibility index (Phi) is 3.06. The van der Waals surface area contributed by atoms with Crippen molar-refractivity contribution < 1.29 is 17.9 Å². The molecule has 3 nitrogen and oxygen atoms in total. The molecule has 0 atom stereocenters. The molecule has 0 fully saturated rings. The van der Waals surface area contributed by atoms with Gasteiger partial charge in [0, 0.05) is 6.54 Å². The van der Waals surface area contributed by atoms with Crippen LogP contribution in [-0.2, 0) is 11.3 Å². The van der Waals surface area contributed by atoms with Crippen molar-refractivity contribution in [1.82, 2.24) is 9.55 Å². The van der Waals surface area contributed by atoms with Crippen LogP contribution in [0.3, 0.4) is 0 Å². The molecule has 0 aliphatic heterocycles. The molecular weight excluding hydrogens is 233 g/mol. The third kappa shape index (κ3) is 2.76. The third-order valence-electron chi connectivity index (χ3n) is 2.43. The minimum Gasteiger partial charge on any atom is -0.326 e. The van der Waals surface area contributed by atoms with E-state index >= 15 is 0 Å². The number of aromatic nitrogens is 2. The highest BCUT2D eigenvalue weighted by atomic mass is 19.4. The summed E-state index contributed by atoms with van der Waals surface area (Å²) in [6, 6.07) is 7.31. The lowest BCUT2D eigenvalue weighted by molar-refractivity contribution is -0.325. The number of hydrogen-bond acceptors (Lipinski definition) is 2. The van der Waals surface area contributed by atoms with E-state index in [0.29, 0.717) is 5.82 Å². The number of hydrogen-bond donors (Lipinski definition) is 0. The van der Waals surface area contributed by atoms with Gasteiger partial charge in [-0.15, -0.1) is 13.2 Å². The second-order valence-electron chi connectivity index (χ2n) is 3.59. The number of ether oxygens (including phenoxy) is 1. The van der Waals surface area contributed by atoms with Crippen molar-refractivity contribution in [3.8, 4) is 0 Å². The summed E-state index contributed by atoms with van der Waals surface area (Å²) < 4.78 is 41.0. The van der Waals surface area contributed by atoms with Crippen LogP contribution >= 0.6 is 0 Å². The average Bonchev–Trinajstić information content (AvgIpc) is 2.54. The fraction of sp³-hybridized carbons (Fsp3) is 0.364. The number of halogens is 3. The second kappa shape index (κ2) is 4.37. The van der Waals surface area contributed by atoms with Crippen LogP contribution in [0.4, 0.5) is 13.2 Å². The largest absolute Gasteiger partial charge is 0.522 e. The number of imidazole rings is 1. The maximum atomic E-state index is 11.9. The summed E-state index contributed by atoms with van der Waals surface area (Å²) in [7, 11) is 0. The molecule has 92 valence electrons. The van der Waals surface area contributed by atoms with Gasteiger partial charge < -0.3 is 4.57 Å². The standard InChI is InChI=1S/C11H11F3N2O/c1-8-15-9-4-2-3-5-10(9)16(8)6-7-17-11(12,13)14/h2-5H,6-7H2,1H3.